The highest BCUT2D eigenvalue weighted by molar-refractivity contribution is 7.98. The van der Waals surface area contributed by atoms with Crippen molar-refractivity contribution in [2.45, 2.75) is 54.5 Å². The lowest BCUT2D eigenvalue weighted by molar-refractivity contribution is -0.277. The van der Waals surface area contributed by atoms with Gasteiger partial charge in [0.25, 0.3) is 0 Å². The van der Waals surface area contributed by atoms with E-state index in [1.165, 1.54) is 32.0 Å². The molecule has 2 aliphatic rings. The summed E-state index contributed by atoms with van der Waals surface area (Å²) < 4.78 is 23.0. The Morgan fingerprint density at radius 3 is 2.48 bits per heavy atom. The van der Waals surface area contributed by atoms with Crippen molar-refractivity contribution < 1.29 is 49.3 Å². The summed E-state index contributed by atoms with van der Waals surface area (Å²) in [5, 5.41) is 52.9. The van der Waals surface area contributed by atoms with E-state index in [2.05, 4.69) is 5.32 Å². The minimum Gasteiger partial charge on any atom is -0.493 e. The van der Waals surface area contributed by atoms with Gasteiger partial charge in [0.15, 0.2) is 16.9 Å². The average Bonchev–Trinajstić information content (AvgIpc) is 3.19. The zero-order valence-corrected chi connectivity index (χ0v) is 23.0. The van der Waals surface area contributed by atoms with Crippen LogP contribution in [-0.2, 0) is 16.0 Å². The van der Waals surface area contributed by atoms with Gasteiger partial charge in [0.2, 0.25) is 12.0 Å². The first-order chi connectivity index (χ1) is 19.1. The fourth-order valence-corrected chi connectivity index (χ4v) is 5.55. The van der Waals surface area contributed by atoms with Crippen molar-refractivity contribution in [1.29, 1.82) is 0 Å². The molecule has 0 radical (unpaired) electrons. The number of hydrogen-bond donors (Lipinski definition) is 6. The summed E-state index contributed by atoms with van der Waals surface area (Å²) in [7, 11) is 2.83. The number of nitrogens with one attached hydrogen (secondary N) is 1. The molecule has 40 heavy (non-hydrogen) atoms. The molecule has 218 valence electrons. The molecule has 1 unspecified atom stereocenters. The van der Waals surface area contributed by atoms with Crippen LogP contribution in [0.25, 0.3) is 11.1 Å². The molecule has 2 aromatic rings. The van der Waals surface area contributed by atoms with E-state index in [1.54, 1.807) is 24.5 Å². The molecule has 1 saturated heterocycles. The minimum atomic E-state index is -1.67. The summed E-state index contributed by atoms with van der Waals surface area (Å²) in [6, 6.07) is 6.21. The van der Waals surface area contributed by atoms with E-state index >= 15 is 0 Å². The van der Waals surface area contributed by atoms with Gasteiger partial charge in [0, 0.05) is 11.6 Å². The van der Waals surface area contributed by atoms with E-state index in [0.717, 1.165) is 5.56 Å². The maximum Gasteiger partial charge on any atom is 0.317 e. The number of aliphatic carboxylic acids is 1. The van der Waals surface area contributed by atoms with Crippen molar-refractivity contribution in [3.05, 3.63) is 45.6 Å². The predicted molar refractivity (Wildman–Crippen MR) is 144 cm³/mol. The standard InChI is InChI=1S/C27H33NO11S/c1-36-17-8-12-4-6-15(28-10-20(31)32)14-9-16(30)19(40-3)7-5-13(14)21(12)26(37-2)25(17)39-27-24(35)23(34)22(33)18(11-29)38-27/h5,7-9,15,18,22-24,27-29,33-35H,4,6,10-11H2,1-3H3,(H,31,32)/t15-,18+,22+,23-,24+,27?/m0/s1. The second kappa shape index (κ2) is 12.7. The summed E-state index contributed by atoms with van der Waals surface area (Å²) in [5.74, 6) is -0.600. The Bertz CT molecular complexity index is 1300. The molecular weight excluding hydrogens is 546 g/mol. The highest BCUT2D eigenvalue weighted by Crippen LogP contribution is 2.51. The van der Waals surface area contributed by atoms with Crippen LogP contribution in [0, 0.1) is 0 Å². The van der Waals surface area contributed by atoms with Crippen LogP contribution in [0.5, 0.6) is 17.2 Å². The van der Waals surface area contributed by atoms with Crippen molar-refractivity contribution in [3.63, 3.8) is 0 Å². The molecule has 13 heteroatoms. The number of thioether (sulfide) groups is 1. The molecule has 0 bridgehead atoms. The van der Waals surface area contributed by atoms with Gasteiger partial charge in [-0.2, -0.15) is 0 Å². The largest absolute Gasteiger partial charge is 0.493 e. The van der Waals surface area contributed by atoms with Gasteiger partial charge in [0.05, 0.1) is 32.3 Å². The summed E-state index contributed by atoms with van der Waals surface area (Å²) in [6.07, 6.45) is -4.88. The Morgan fingerprint density at radius 2 is 1.85 bits per heavy atom. The summed E-state index contributed by atoms with van der Waals surface area (Å²) >= 11 is 1.29. The molecule has 1 fully saturated rings. The van der Waals surface area contributed by atoms with Crippen LogP contribution in [0.2, 0.25) is 0 Å². The normalized spacial score (nSPS) is 25.8. The minimum absolute atomic E-state index is 0.0231. The number of aliphatic hydroxyl groups is 4. The lowest BCUT2D eigenvalue weighted by Gasteiger charge is -2.39. The Balaban J connectivity index is 1.91. The molecule has 1 aliphatic carbocycles. The third-order valence-electron chi connectivity index (χ3n) is 7.10. The van der Waals surface area contributed by atoms with Gasteiger partial charge in [-0.15, -0.1) is 11.8 Å². The Morgan fingerprint density at radius 1 is 1.10 bits per heavy atom. The number of carbonyl (C=O) groups is 1. The molecule has 6 atom stereocenters. The number of methoxy groups -OCH3 is 2. The molecule has 0 spiro atoms. The SMILES string of the molecule is COc1cc2c(c(OC)c1OC1O[C@H](CO)[C@@H](O)[C@H](O)[C@H]1O)-c1ccc(SC)c(=O)cc1[C@@H](NCC(=O)O)CC2. The molecule has 1 aliphatic heterocycles. The third-order valence-corrected chi connectivity index (χ3v) is 7.88. The summed E-state index contributed by atoms with van der Waals surface area (Å²) in [6.45, 7) is -0.943. The number of rotatable bonds is 9. The van der Waals surface area contributed by atoms with Crippen molar-refractivity contribution in [2.75, 3.05) is 33.6 Å². The summed E-state index contributed by atoms with van der Waals surface area (Å²) in [5.41, 5.74) is 2.31. The van der Waals surface area contributed by atoms with Crippen LogP contribution in [0.3, 0.4) is 0 Å². The van der Waals surface area contributed by atoms with Gasteiger partial charge >= 0.3 is 5.97 Å². The van der Waals surface area contributed by atoms with E-state index in [9.17, 15) is 35.1 Å². The number of aliphatic hydroxyl groups excluding tert-OH is 4. The predicted octanol–water partition coefficient (Wildman–Crippen LogP) is 0.293. The molecule has 0 amide bonds. The quantitative estimate of drug-likeness (QED) is 0.223. The van der Waals surface area contributed by atoms with Crippen LogP contribution < -0.4 is 25.0 Å². The molecule has 12 nitrogen and oxygen atoms in total. The van der Waals surface area contributed by atoms with E-state index < -0.39 is 49.3 Å². The van der Waals surface area contributed by atoms with Crippen LogP contribution in [-0.4, -0.2) is 95.8 Å². The van der Waals surface area contributed by atoms with Gasteiger partial charge in [-0.05, 0) is 54.0 Å². The number of fused-ring (bicyclic) bond motifs is 3. The van der Waals surface area contributed by atoms with E-state index in [1.807, 2.05) is 0 Å². The average molecular weight is 580 g/mol. The number of carboxylic acid groups (broad SMARTS) is 1. The highest BCUT2D eigenvalue weighted by Gasteiger charge is 2.45. The number of carboxylic acids is 1. The fraction of sp³-hybridized carbons (Fsp3) is 0.481. The molecule has 6 N–H and O–H groups in total. The first-order valence-corrected chi connectivity index (χ1v) is 13.8. The Kier molecular flexibility index (Phi) is 9.56. The van der Waals surface area contributed by atoms with Crippen molar-refractivity contribution in [1.82, 2.24) is 5.32 Å². The van der Waals surface area contributed by atoms with Crippen molar-refractivity contribution in [2.24, 2.45) is 0 Å². The number of aryl methyl sites for hydroxylation is 1. The van der Waals surface area contributed by atoms with Crippen LogP contribution in [0.4, 0.5) is 0 Å². The lowest BCUT2D eigenvalue weighted by Crippen LogP contribution is -2.60. The molecule has 0 aromatic heterocycles. The molecule has 0 saturated carbocycles. The smallest absolute Gasteiger partial charge is 0.317 e. The van der Waals surface area contributed by atoms with Crippen LogP contribution in [0.1, 0.15) is 23.6 Å². The summed E-state index contributed by atoms with van der Waals surface area (Å²) in [4.78, 5) is 24.9. The van der Waals surface area contributed by atoms with E-state index in [4.69, 9.17) is 18.9 Å². The van der Waals surface area contributed by atoms with Crippen molar-refractivity contribution in [3.8, 4) is 28.4 Å². The number of hydrogen-bond acceptors (Lipinski definition) is 12. The first kappa shape index (κ1) is 30.1. The van der Waals surface area contributed by atoms with Gasteiger partial charge < -0.3 is 49.8 Å². The second-order valence-electron chi connectivity index (χ2n) is 9.44. The van der Waals surface area contributed by atoms with Crippen LogP contribution in [0.15, 0.2) is 34.0 Å². The number of ether oxygens (including phenoxy) is 4. The maximum atomic E-state index is 13.0. The Hall–Kier alpha value is -2.91. The first-order valence-electron chi connectivity index (χ1n) is 12.6. The van der Waals surface area contributed by atoms with Gasteiger partial charge in [0.1, 0.15) is 24.4 Å². The molecular formula is C27H33NO11S. The molecule has 1 heterocycles. The van der Waals surface area contributed by atoms with Gasteiger partial charge in [-0.3, -0.25) is 9.59 Å². The molecule has 4 rings (SSSR count). The van der Waals surface area contributed by atoms with Gasteiger partial charge in [-0.1, -0.05) is 6.07 Å². The highest BCUT2D eigenvalue weighted by atomic mass is 32.2. The lowest BCUT2D eigenvalue weighted by atomic mass is 9.95. The van der Waals surface area contributed by atoms with Gasteiger partial charge in [-0.25, -0.2) is 0 Å². The zero-order valence-electron chi connectivity index (χ0n) is 22.2. The van der Waals surface area contributed by atoms with E-state index in [-0.39, 0.29) is 29.2 Å². The van der Waals surface area contributed by atoms with Crippen LogP contribution >= 0.6 is 11.8 Å². The zero-order chi connectivity index (χ0) is 29.1. The monoisotopic (exact) mass is 579 g/mol. The maximum absolute atomic E-state index is 13.0. The van der Waals surface area contributed by atoms with E-state index in [0.29, 0.717) is 34.4 Å². The molecule has 2 aromatic carbocycles. The topological polar surface area (TPSA) is 184 Å². The fourth-order valence-electron chi connectivity index (χ4n) is 5.09. The van der Waals surface area contributed by atoms with Crippen molar-refractivity contribution >= 4 is 17.7 Å². The number of benzene rings is 1. The third kappa shape index (κ3) is 5.77. The Labute approximate surface area is 234 Å². The second-order valence-corrected chi connectivity index (χ2v) is 10.3.